The summed E-state index contributed by atoms with van der Waals surface area (Å²) in [5.74, 6) is 0.591. The molecule has 1 atom stereocenters. The van der Waals surface area contributed by atoms with Crippen LogP contribution in [0.15, 0.2) is 66.7 Å². The van der Waals surface area contributed by atoms with Crippen LogP contribution >= 0.6 is 0 Å². The molecule has 1 amide bonds. The van der Waals surface area contributed by atoms with Crippen LogP contribution < -0.4 is 10.1 Å². The van der Waals surface area contributed by atoms with Gasteiger partial charge in [0.25, 0.3) is 5.91 Å². The monoisotopic (exact) mass is 319 g/mol. The van der Waals surface area contributed by atoms with Crippen LogP contribution in [0.5, 0.6) is 5.75 Å². The summed E-state index contributed by atoms with van der Waals surface area (Å²) in [5, 5.41) is 5.31. The van der Waals surface area contributed by atoms with Crippen molar-refractivity contribution in [2.45, 2.75) is 26.5 Å². The first kappa shape index (κ1) is 16.1. The summed E-state index contributed by atoms with van der Waals surface area (Å²) < 4.78 is 5.70. The zero-order valence-corrected chi connectivity index (χ0v) is 14.0. The van der Waals surface area contributed by atoms with E-state index in [4.69, 9.17) is 4.74 Å². The summed E-state index contributed by atoms with van der Waals surface area (Å²) in [6, 6.07) is 22.1. The number of rotatable bonds is 5. The number of nitrogens with one attached hydrogen (secondary N) is 1. The fourth-order valence-corrected chi connectivity index (χ4v) is 2.63. The van der Waals surface area contributed by atoms with Crippen LogP contribution in [0.1, 0.15) is 18.1 Å². The van der Waals surface area contributed by atoms with Gasteiger partial charge in [-0.1, -0.05) is 48.5 Å². The maximum Gasteiger partial charge on any atom is 0.261 e. The standard InChI is InChI=1S/C21H21NO2/c1-15-6-5-9-20(12-15)24-16(2)21(23)22-14-17-10-11-18-7-3-4-8-19(18)13-17/h3-13,16H,14H2,1-2H3,(H,22,23)/t16-/m0/s1. The van der Waals surface area contributed by atoms with E-state index in [9.17, 15) is 4.79 Å². The first-order chi connectivity index (χ1) is 11.6. The van der Waals surface area contributed by atoms with Crippen LogP contribution in [0.4, 0.5) is 0 Å². The summed E-state index contributed by atoms with van der Waals surface area (Å²) in [6.45, 7) is 4.25. The maximum absolute atomic E-state index is 12.2. The Bertz CT molecular complexity index is 857. The highest BCUT2D eigenvalue weighted by atomic mass is 16.5. The van der Waals surface area contributed by atoms with Crippen LogP contribution in [0.3, 0.4) is 0 Å². The SMILES string of the molecule is Cc1cccc(O[C@@H](C)C(=O)NCc2ccc3ccccc3c2)c1. The Labute approximate surface area is 142 Å². The van der Waals surface area contributed by atoms with Gasteiger partial charge in [0.2, 0.25) is 0 Å². The lowest BCUT2D eigenvalue weighted by Gasteiger charge is -2.15. The van der Waals surface area contributed by atoms with Gasteiger partial charge in [-0.3, -0.25) is 4.79 Å². The summed E-state index contributed by atoms with van der Waals surface area (Å²) in [4.78, 5) is 12.2. The number of amides is 1. The molecule has 0 aliphatic rings. The van der Waals surface area contributed by atoms with Crippen LogP contribution in [-0.2, 0) is 11.3 Å². The molecule has 0 spiro atoms. The smallest absolute Gasteiger partial charge is 0.261 e. The molecule has 3 rings (SSSR count). The highest BCUT2D eigenvalue weighted by Gasteiger charge is 2.14. The molecule has 0 bridgehead atoms. The van der Waals surface area contributed by atoms with Gasteiger partial charge in [0.1, 0.15) is 5.75 Å². The predicted molar refractivity (Wildman–Crippen MR) is 97.1 cm³/mol. The van der Waals surface area contributed by atoms with Gasteiger partial charge in [-0.2, -0.15) is 0 Å². The summed E-state index contributed by atoms with van der Waals surface area (Å²) >= 11 is 0. The van der Waals surface area contributed by atoms with Gasteiger partial charge in [0.15, 0.2) is 6.10 Å². The topological polar surface area (TPSA) is 38.3 Å². The van der Waals surface area contributed by atoms with E-state index in [1.54, 1.807) is 6.92 Å². The molecular formula is C21H21NO2. The van der Waals surface area contributed by atoms with Crippen molar-refractivity contribution in [3.8, 4) is 5.75 Å². The lowest BCUT2D eigenvalue weighted by Crippen LogP contribution is -2.35. The third-order valence-electron chi connectivity index (χ3n) is 3.95. The molecule has 0 fully saturated rings. The fraction of sp³-hybridized carbons (Fsp3) is 0.190. The predicted octanol–water partition coefficient (Wildman–Crippen LogP) is 4.23. The quantitative estimate of drug-likeness (QED) is 0.764. The van der Waals surface area contributed by atoms with Crippen molar-refractivity contribution in [1.29, 1.82) is 0 Å². The number of hydrogen-bond donors (Lipinski definition) is 1. The molecule has 24 heavy (non-hydrogen) atoms. The van der Waals surface area contributed by atoms with Crippen molar-refractivity contribution in [2.75, 3.05) is 0 Å². The molecule has 0 radical (unpaired) electrons. The molecule has 3 aromatic rings. The maximum atomic E-state index is 12.2. The van der Waals surface area contributed by atoms with Crippen molar-refractivity contribution in [2.24, 2.45) is 0 Å². The average molecular weight is 319 g/mol. The zero-order chi connectivity index (χ0) is 16.9. The van der Waals surface area contributed by atoms with Crippen LogP contribution in [0.2, 0.25) is 0 Å². The second-order valence-corrected chi connectivity index (χ2v) is 5.98. The normalized spacial score (nSPS) is 11.9. The van der Waals surface area contributed by atoms with Gasteiger partial charge in [0.05, 0.1) is 0 Å². The minimum absolute atomic E-state index is 0.121. The van der Waals surface area contributed by atoms with Gasteiger partial charge in [0, 0.05) is 6.54 Å². The Morgan fingerprint density at radius 2 is 1.79 bits per heavy atom. The number of carbonyl (C=O) groups excluding carboxylic acids is 1. The van der Waals surface area contributed by atoms with Crippen LogP contribution in [0, 0.1) is 6.92 Å². The molecular weight excluding hydrogens is 298 g/mol. The molecule has 0 heterocycles. The highest BCUT2D eigenvalue weighted by molar-refractivity contribution is 5.83. The second kappa shape index (κ2) is 7.18. The molecule has 0 aromatic heterocycles. The van der Waals surface area contributed by atoms with E-state index < -0.39 is 6.10 Å². The van der Waals surface area contributed by atoms with Gasteiger partial charge < -0.3 is 10.1 Å². The van der Waals surface area contributed by atoms with E-state index in [2.05, 4.69) is 29.6 Å². The highest BCUT2D eigenvalue weighted by Crippen LogP contribution is 2.16. The zero-order valence-electron chi connectivity index (χ0n) is 14.0. The Hall–Kier alpha value is -2.81. The van der Waals surface area contributed by atoms with E-state index in [1.807, 2.05) is 49.4 Å². The number of carbonyl (C=O) groups is 1. The number of hydrogen-bond acceptors (Lipinski definition) is 2. The number of benzene rings is 3. The first-order valence-electron chi connectivity index (χ1n) is 8.10. The number of fused-ring (bicyclic) bond motifs is 1. The molecule has 3 heteroatoms. The van der Waals surface area contributed by atoms with Crippen LogP contribution in [-0.4, -0.2) is 12.0 Å². The van der Waals surface area contributed by atoms with Crippen molar-refractivity contribution in [1.82, 2.24) is 5.32 Å². The summed E-state index contributed by atoms with van der Waals surface area (Å²) in [7, 11) is 0. The number of ether oxygens (including phenoxy) is 1. The fourth-order valence-electron chi connectivity index (χ4n) is 2.63. The van der Waals surface area contributed by atoms with E-state index >= 15 is 0 Å². The van der Waals surface area contributed by atoms with E-state index in [-0.39, 0.29) is 5.91 Å². The Kier molecular flexibility index (Phi) is 4.80. The van der Waals surface area contributed by atoms with E-state index in [1.165, 1.54) is 10.8 Å². The molecule has 0 aliphatic heterocycles. The van der Waals surface area contributed by atoms with Crippen molar-refractivity contribution in [3.63, 3.8) is 0 Å². The minimum atomic E-state index is -0.535. The van der Waals surface area contributed by atoms with E-state index in [0.29, 0.717) is 12.3 Å². The second-order valence-electron chi connectivity index (χ2n) is 5.98. The van der Waals surface area contributed by atoms with Gasteiger partial charge in [-0.15, -0.1) is 0 Å². The van der Waals surface area contributed by atoms with Gasteiger partial charge >= 0.3 is 0 Å². The molecule has 0 saturated carbocycles. The third kappa shape index (κ3) is 3.93. The van der Waals surface area contributed by atoms with Crippen LogP contribution in [0.25, 0.3) is 10.8 Å². The molecule has 3 nitrogen and oxygen atoms in total. The van der Waals surface area contributed by atoms with Gasteiger partial charge in [-0.25, -0.2) is 0 Å². The van der Waals surface area contributed by atoms with Crippen molar-refractivity contribution in [3.05, 3.63) is 77.9 Å². The Morgan fingerprint density at radius 3 is 2.58 bits per heavy atom. The molecule has 0 saturated heterocycles. The minimum Gasteiger partial charge on any atom is -0.481 e. The van der Waals surface area contributed by atoms with Crippen molar-refractivity contribution < 1.29 is 9.53 Å². The van der Waals surface area contributed by atoms with Crippen molar-refractivity contribution >= 4 is 16.7 Å². The molecule has 0 aliphatic carbocycles. The molecule has 0 unspecified atom stereocenters. The summed E-state index contributed by atoms with van der Waals surface area (Å²) in [5.41, 5.74) is 2.18. The molecule has 3 aromatic carbocycles. The average Bonchev–Trinajstić information content (AvgIpc) is 2.59. The number of aryl methyl sites for hydroxylation is 1. The van der Waals surface area contributed by atoms with E-state index in [0.717, 1.165) is 11.1 Å². The third-order valence-corrected chi connectivity index (χ3v) is 3.95. The lowest BCUT2D eigenvalue weighted by molar-refractivity contribution is -0.127. The lowest BCUT2D eigenvalue weighted by atomic mass is 10.1. The van der Waals surface area contributed by atoms with Gasteiger partial charge in [-0.05, 0) is 53.9 Å². The molecule has 122 valence electrons. The Balaban J connectivity index is 1.59. The summed E-state index contributed by atoms with van der Waals surface area (Å²) in [6.07, 6.45) is -0.535. The Morgan fingerprint density at radius 1 is 1.00 bits per heavy atom. The first-order valence-corrected chi connectivity index (χ1v) is 8.10. The molecule has 1 N–H and O–H groups in total. The largest absolute Gasteiger partial charge is 0.481 e.